The molecule has 0 saturated heterocycles. The van der Waals surface area contributed by atoms with E-state index in [1.54, 1.807) is 23.5 Å². The first kappa shape index (κ1) is 19.3. The second-order valence-corrected chi connectivity index (χ2v) is 15.9. The summed E-state index contributed by atoms with van der Waals surface area (Å²) in [6.07, 6.45) is 3.49. The lowest BCUT2D eigenvalue weighted by Crippen LogP contribution is -2.50. The van der Waals surface area contributed by atoms with Crippen molar-refractivity contribution in [3.63, 3.8) is 0 Å². The number of rotatable bonds is 1. The van der Waals surface area contributed by atoms with E-state index in [1.807, 2.05) is 18.2 Å². The second kappa shape index (κ2) is 6.78. The number of halogens is 3. The zero-order valence-electron chi connectivity index (χ0n) is 13.7. The van der Waals surface area contributed by atoms with Crippen LogP contribution in [0.25, 0.3) is 5.57 Å². The molecule has 3 nitrogen and oxygen atoms in total. The van der Waals surface area contributed by atoms with Gasteiger partial charge in [-0.25, -0.2) is 4.99 Å². The Kier molecular flexibility index (Phi) is 5.02. The largest absolute Gasteiger partial charge is 0.508 e. The molecule has 0 saturated carbocycles. The monoisotopic (exact) mass is 715 g/mol. The molecule has 26 heavy (non-hydrogen) atoms. The zero-order valence-corrected chi connectivity index (χ0v) is 22.0. The molecule has 1 aliphatic carbocycles. The number of hydrogen-bond donors (Lipinski definition) is 1. The quantitative estimate of drug-likeness (QED) is 0.245. The van der Waals surface area contributed by atoms with Crippen LogP contribution in [-0.2, 0) is 4.79 Å². The molecule has 2 heterocycles. The number of nitrogens with zero attached hydrogens (tertiary/aromatic N) is 1. The van der Waals surface area contributed by atoms with E-state index in [1.165, 1.54) is 6.45 Å². The summed E-state index contributed by atoms with van der Waals surface area (Å²) < 4.78 is 3.53. The van der Waals surface area contributed by atoms with Crippen LogP contribution in [0.15, 0.2) is 40.5 Å². The van der Waals surface area contributed by atoms with Crippen LogP contribution in [0, 0.1) is 10.0 Å². The highest BCUT2D eigenvalue weighted by Crippen LogP contribution is 2.43. The van der Waals surface area contributed by atoms with E-state index in [-0.39, 0.29) is 11.5 Å². The first-order chi connectivity index (χ1) is 12.2. The van der Waals surface area contributed by atoms with Gasteiger partial charge in [-0.15, -0.1) is 11.3 Å². The van der Waals surface area contributed by atoms with Crippen molar-refractivity contribution in [2.75, 3.05) is 0 Å². The summed E-state index contributed by atoms with van der Waals surface area (Å²) in [5, 5.41) is 12.2. The fraction of sp³-hybridized carbons (Fsp3) is 0.111. The van der Waals surface area contributed by atoms with Crippen LogP contribution >= 0.6 is 79.1 Å². The average molecular weight is 715 g/mol. The molecule has 1 aromatic carbocycles. The van der Waals surface area contributed by atoms with Gasteiger partial charge in [-0.2, -0.15) is 0 Å². The maximum absolute atomic E-state index is 13.0. The van der Waals surface area contributed by atoms with Crippen LogP contribution in [-0.4, -0.2) is 24.7 Å². The SMILES string of the molecule is C[Si]1(C)C2=C(c3sc(I)c(I)c3I)C(=O)C=CC2=Nc2ccc(O)cc21. The third-order valence-electron chi connectivity index (χ3n) is 4.65. The summed E-state index contributed by atoms with van der Waals surface area (Å²) in [6.45, 7) is 4.47. The van der Waals surface area contributed by atoms with Crippen molar-refractivity contribution in [2.45, 2.75) is 13.1 Å². The third-order valence-corrected chi connectivity index (χ3v) is 15.3. The topological polar surface area (TPSA) is 49.7 Å². The number of carbonyl (C=O) groups is 1. The minimum atomic E-state index is -2.21. The molecule has 2 aromatic rings. The third kappa shape index (κ3) is 2.90. The molecule has 0 atom stereocenters. The highest BCUT2D eigenvalue weighted by molar-refractivity contribution is 14.1. The molecule has 2 aliphatic rings. The van der Waals surface area contributed by atoms with Crippen molar-refractivity contribution < 1.29 is 9.90 Å². The van der Waals surface area contributed by atoms with Crippen molar-refractivity contribution in [3.8, 4) is 5.75 Å². The molecule has 8 heteroatoms. The van der Waals surface area contributed by atoms with Gasteiger partial charge in [-0.1, -0.05) is 13.1 Å². The Morgan fingerprint density at radius 1 is 1.12 bits per heavy atom. The lowest BCUT2D eigenvalue weighted by molar-refractivity contribution is -0.109. The molecule has 0 spiro atoms. The fourth-order valence-electron chi connectivity index (χ4n) is 3.44. The Morgan fingerprint density at radius 3 is 2.50 bits per heavy atom. The van der Waals surface area contributed by atoms with Crippen LogP contribution in [0.1, 0.15) is 4.88 Å². The van der Waals surface area contributed by atoms with Gasteiger partial charge in [0.1, 0.15) is 13.8 Å². The predicted molar refractivity (Wildman–Crippen MR) is 136 cm³/mol. The Balaban J connectivity index is 2.08. The Bertz CT molecular complexity index is 1080. The first-order valence-corrected chi connectivity index (χ1v) is 14.8. The molecule has 132 valence electrons. The van der Waals surface area contributed by atoms with E-state index in [4.69, 9.17) is 4.99 Å². The highest BCUT2D eigenvalue weighted by Gasteiger charge is 2.42. The molecular formula is C18H12I3NO2SSi. The summed E-state index contributed by atoms with van der Waals surface area (Å²) >= 11 is 8.69. The minimum absolute atomic E-state index is 0.0510. The number of hydrogen-bond acceptors (Lipinski definition) is 4. The lowest BCUT2D eigenvalue weighted by atomic mass is 10.0. The number of aromatic hydroxyl groups is 1. The van der Waals surface area contributed by atoms with Gasteiger partial charge in [0.15, 0.2) is 5.78 Å². The number of phenolic OH excluding ortho intramolecular Hbond substituents is 1. The molecule has 1 aromatic heterocycles. The summed E-state index contributed by atoms with van der Waals surface area (Å²) in [7, 11) is -2.21. The van der Waals surface area contributed by atoms with Crippen molar-refractivity contribution >= 4 is 115 Å². The smallest absolute Gasteiger partial charge is 0.187 e. The molecule has 0 fully saturated rings. The summed E-state index contributed by atoms with van der Waals surface area (Å²) in [5.74, 6) is 0.299. The second-order valence-electron chi connectivity index (χ2n) is 6.60. The van der Waals surface area contributed by atoms with Gasteiger partial charge in [-0.05, 0) is 109 Å². The zero-order chi connectivity index (χ0) is 18.8. The van der Waals surface area contributed by atoms with Gasteiger partial charge in [0.05, 0.1) is 22.7 Å². The summed E-state index contributed by atoms with van der Waals surface area (Å²) in [4.78, 5) is 18.8. The first-order valence-electron chi connectivity index (χ1n) is 7.75. The van der Waals surface area contributed by atoms with Crippen molar-refractivity contribution in [2.24, 2.45) is 4.99 Å². The van der Waals surface area contributed by atoms with Crippen LogP contribution in [0.5, 0.6) is 5.75 Å². The fourth-order valence-corrected chi connectivity index (χ4v) is 10.9. The van der Waals surface area contributed by atoms with Gasteiger partial charge >= 0.3 is 0 Å². The van der Waals surface area contributed by atoms with E-state index in [0.29, 0.717) is 0 Å². The standard InChI is InChI=1S/C18H12I3NO2SSi/c1-26(2)12-7-8(23)3-4-9(12)22-10-5-6-11(24)13(17(10)26)16-14(19)15(20)18(21)25-16/h3-7,23H,1-2H3. The number of thiophene rings is 1. The maximum Gasteiger partial charge on any atom is 0.187 e. The summed E-state index contributed by atoms with van der Waals surface area (Å²) in [6, 6.07) is 5.36. The normalized spacial score (nSPS) is 17.9. The van der Waals surface area contributed by atoms with Crippen LogP contribution < -0.4 is 5.19 Å². The number of fused-ring (bicyclic) bond motifs is 2. The van der Waals surface area contributed by atoms with Gasteiger partial charge in [0.25, 0.3) is 0 Å². The highest BCUT2D eigenvalue weighted by atomic mass is 127. The minimum Gasteiger partial charge on any atom is -0.508 e. The van der Waals surface area contributed by atoms with Gasteiger partial charge in [0, 0.05) is 9.14 Å². The van der Waals surface area contributed by atoms with E-state index < -0.39 is 8.07 Å². The average Bonchev–Trinajstić information content (AvgIpc) is 2.84. The number of allylic oxidation sites excluding steroid dienone is 4. The number of carbonyl (C=O) groups excluding carboxylic acids is 1. The van der Waals surface area contributed by atoms with E-state index >= 15 is 0 Å². The number of ketones is 1. The predicted octanol–water partition coefficient (Wildman–Crippen LogP) is 5.40. The van der Waals surface area contributed by atoms with Crippen molar-refractivity contribution in [3.05, 3.63) is 50.4 Å². The Labute approximate surface area is 197 Å². The van der Waals surface area contributed by atoms with Crippen LogP contribution in [0.4, 0.5) is 5.69 Å². The van der Waals surface area contributed by atoms with E-state index in [9.17, 15) is 9.90 Å². The van der Waals surface area contributed by atoms with Gasteiger partial charge in [-0.3, -0.25) is 4.79 Å². The van der Waals surface area contributed by atoms with E-state index in [0.717, 1.165) is 35.8 Å². The van der Waals surface area contributed by atoms with Crippen LogP contribution in [0.2, 0.25) is 13.1 Å². The number of phenols is 1. The van der Waals surface area contributed by atoms with Crippen LogP contribution in [0.3, 0.4) is 0 Å². The summed E-state index contributed by atoms with van der Waals surface area (Å²) in [5.41, 5.74) is 2.59. The maximum atomic E-state index is 13.0. The number of aliphatic imine (C=N–C) groups is 1. The van der Waals surface area contributed by atoms with Gasteiger partial charge in [0.2, 0.25) is 0 Å². The lowest BCUT2D eigenvalue weighted by Gasteiger charge is -2.35. The van der Waals surface area contributed by atoms with E-state index in [2.05, 4.69) is 80.9 Å². The van der Waals surface area contributed by atoms with Gasteiger partial charge < -0.3 is 5.11 Å². The Hall–Kier alpha value is -0.0531. The molecule has 0 bridgehead atoms. The molecule has 0 radical (unpaired) electrons. The molecule has 4 rings (SSSR count). The van der Waals surface area contributed by atoms with Crippen molar-refractivity contribution in [1.29, 1.82) is 0 Å². The molecule has 1 aliphatic heterocycles. The number of benzene rings is 1. The molecule has 0 unspecified atom stereocenters. The molecule has 1 N–H and O–H groups in total. The Morgan fingerprint density at radius 2 is 1.85 bits per heavy atom. The van der Waals surface area contributed by atoms with Crippen molar-refractivity contribution in [1.82, 2.24) is 0 Å². The molecular weight excluding hydrogens is 703 g/mol. The molecule has 0 amide bonds.